The van der Waals surface area contributed by atoms with Crippen LogP contribution in [0, 0.1) is 0 Å². The Kier molecular flexibility index (Phi) is 6.79. The molecule has 0 spiro atoms. The molecule has 1 N–H and O–H groups in total. The Balaban J connectivity index is 1.54. The second-order valence-electron chi connectivity index (χ2n) is 7.42. The van der Waals surface area contributed by atoms with Gasteiger partial charge in [-0.25, -0.2) is 18.3 Å². The quantitative estimate of drug-likeness (QED) is 0.687. The summed E-state index contributed by atoms with van der Waals surface area (Å²) in [4.78, 5) is 37.5. The number of methoxy groups -OCH3 is 1. The highest BCUT2D eigenvalue weighted by molar-refractivity contribution is 6.33. The van der Waals surface area contributed by atoms with Gasteiger partial charge in [-0.1, -0.05) is 11.6 Å². The molecule has 166 valence electrons. The van der Waals surface area contributed by atoms with Crippen LogP contribution in [-0.4, -0.2) is 60.1 Å². The number of carbonyl (C=O) groups is 2. The maximum atomic E-state index is 13.2. The van der Waals surface area contributed by atoms with Crippen LogP contribution >= 0.6 is 11.6 Å². The Bertz CT molecular complexity index is 855. The molecule has 2 heterocycles. The highest BCUT2D eigenvalue weighted by Gasteiger charge is 2.36. The molecule has 0 unspecified atom stereocenters. The van der Waals surface area contributed by atoms with Crippen LogP contribution in [0.4, 0.5) is 19.3 Å². The van der Waals surface area contributed by atoms with E-state index in [1.165, 1.54) is 13.3 Å². The molecule has 2 fully saturated rings. The van der Waals surface area contributed by atoms with Crippen LogP contribution in [0.2, 0.25) is 5.02 Å². The van der Waals surface area contributed by atoms with E-state index < -0.39 is 29.6 Å². The molecule has 3 rings (SSSR count). The molecule has 1 aromatic heterocycles. The Hall–Kier alpha value is -2.43. The summed E-state index contributed by atoms with van der Waals surface area (Å²) < 4.78 is 37.2. The monoisotopic (exact) mass is 448 g/mol. The predicted molar refractivity (Wildman–Crippen MR) is 103 cm³/mol. The van der Waals surface area contributed by atoms with Crippen LogP contribution in [0.1, 0.15) is 32.1 Å². The fourth-order valence-electron chi connectivity index (χ4n) is 3.56. The Labute approximate surface area is 176 Å². The number of nitrogens with one attached hydrogen (secondary N) is 1. The summed E-state index contributed by atoms with van der Waals surface area (Å²) in [7, 11) is 1.20. The van der Waals surface area contributed by atoms with E-state index in [4.69, 9.17) is 16.3 Å². The number of anilines is 1. The van der Waals surface area contributed by atoms with Gasteiger partial charge in [-0.2, -0.15) is 5.10 Å². The molecule has 0 bridgehead atoms. The molecule has 9 nitrogen and oxygen atoms in total. The second kappa shape index (κ2) is 9.15. The van der Waals surface area contributed by atoms with E-state index in [9.17, 15) is 23.2 Å². The van der Waals surface area contributed by atoms with Gasteiger partial charge in [0, 0.05) is 31.8 Å². The normalized spacial score (nSPS) is 21.3. The van der Waals surface area contributed by atoms with Gasteiger partial charge >= 0.3 is 12.1 Å². The minimum Gasteiger partial charge on any atom is -0.468 e. The van der Waals surface area contributed by atoms with E-state index in [-0.39, 0.29) is 43.3 Å². The summed E-state index contributed by atoms with van der Waals surface area (Å²) in [6.07, 6.45) is 0.724. The standard InChI is InChI=1S/C18H23ClF2N4O5/c1-29-14(26)10-25-16(27)15(19)13(8-22-25)24-7-4-12(9-24)30-17(28)23-11-2-5-18(20,21)6-3-11/h8,11-12H,2-7,9-10H2,1H3,(H,23,28)/t12-/m1/s1. The van der Waals surface area contributed by atoms with Gasteiger partial charge in [0.05, 0.1) is 25.5 Å². The van der Waals surface area contributed by atoms with Crippen LogP contribution in [0.25, 0.3) is 0 Å². The van der Waals surface area contributed by atoms with E-state index in [0.29, 0.717) is 25.2 Å². The molecule has 1 amide bonds. The number of amides is 1. The summed E-state index contributed by atoms with van der Waals surface area (Å²) in [5.41, 5.74) is -0.250. The number of rotatable bonds is 5. The summed E-state index contributed by atoms with van der Waals surface area (Å²) in [6, 6.07) is -0.323. The fourth-order valence-corrected chi connectivity index (χ4v) is 3.82. The molecule has 1 saturated heterocycles. The number of ether oxygens (including phenoxy) is 2. The number of aromatic nitrogens is 2. The SMILES string of the molecule is COC(=O)Cn1ncc(N2CC[C@@H](OC(=O)NC3CCC(F)(F)CC3)C2)c(Cl)c1=O. The number of carbonyl (C=O) groups excluding carboxylic acids is 2. The molecule has 1 aromatic rings. The maximum Gasteiger partial charge on any atom is 0.407 e. The first kappa shape index (κ1) is 22.3. The lowest BCUT2D eigenvalue weighted by Gasteiger charge is -2.28. The zero-order chi connectivity index (χ0) is 21.9. The van der Waals surface area contributed by atoms with Gasteiger partial charge in [-0.05, 0) is 12.8 Å². The number of hydrogen-bond acceptors (Lipinski definition) is 7. The average molecular weight is 449 g/mol. The molecule has 0 radical (unpaired) electrons. The second-order valence-corrected chi connectivity index (χ2v) is 7.80. The largest absolute Gasteiger partial charge is 0.468 e. The lowest BCUT2D eigenvalue weighted by Crippen LogP contribution is -2.42. The van der Waals surface area contributed by atoms with Gasteiger partial charge in [0.1, 0.15) is 17.7 Å². The number of alkyl carbamates (subject to hydrolysis) is 1. The molecule has 12 heteroatoms. The van der Waals surface area contributed by atoms with E-state index in [2.05, 4.69) is 15.2 Å². The van der Waals surface area contributed by atoms with Crippen molar-refractivity contribution < 1.29 is 27.8 Å². The Morgan fingerprint density at radius 3 is 2.70 bits per heavy atom. The van der Waals surface area contributed by atoms with Crippen LogP contribution in [0.5, 0.6) is 0 Å². The number of hydrogen-bond donors (Lipinski definition) is 1. The van der Waals surface area contributed by atoms with Crippen molar-refractivity contribution in [2.24, 2.45) is 0 Å². The number of alkyl halides is 2. The van der Waals surface area contributed by atoms with Crippen LogP contribution < -0.4 is 15.8 Å². The van der Waals surface area contributed by atoms with Crippen molar-refractivity contribution in [1.82, 2.24) is 15.1 Å². The van der Waals surface area contributed by atoms with Crippen molar-refractivity contribution in [1.29, 1.82) is 0 Å². The topological polar surface area (TPSA) is 103 Å². The third kappa shape index (κ3) is 5.38. The average Bonchev–Trinajstić information content (AvgIpc) is 3.15. The van der Waals surface area contributed by atoms with E-state index >= 15 is 0 Å². The highest BCUT2D eigenvalue weighted by Crippen LogP contribution is 2.33. The van der Waals surface area contributed by atoms with E-state index in [1.54, 1.807) is 4.90 Å². The van der Waals surface area contributed by atoms with Crippen LogP contribution in [0.15, 0.2) is 11.0 Å². The molecule has 1 saturated carbocycles. The number of esters is 1. The molecule has 0 aromatic carbocycles. The lowest BCUT2D eigenvalue weighted by molar-refractivity contribution is -0.141. The molecule has 1 aliphatic carbocycles. The lowest BCUT2D eigenvalue weighted by atomic mass is 9.92. The van der Waals surface area contributed by atoms with Crippen molar-refractivity contribution in [3.8, 4) is 0 Å². The van der Waals surface area contributed by atoms with Crippen molar-refractivity contribution in [3.05, 3.63) is 21.6 Å². The van der Waals surface area contributed by atoms with Crippen molar-refractivity contribution in [2.75, 3.05) is 25.1 Å². The number of halogens is 3. The van der Waals surface area contributed by atoms with Crippen molar-refractivity contribution in [2.45, 2.75) is 56.7 Å². The summed E-state index contributed by atoms with van der Waals surface area (Å²) >= 11 is 6.16. The molecule has 30 heavy (non-hydrogen) atoms. The minimum absolute atomic E-state index is 0.0952. The maximum absolute atomic E-state index is 13.2. The summed E-state index contributed by atoms with van der Waals surface area (Å²) in [5.74, 6) is -3.29. The van der Waals surface area contributed by atoms with Gasteiger partial charge in [0.15, 0.2) is 0 Å². The molecular weight excluding hydrogens is 426 g/mol. The van der Waals surface area contributed by atoms with Crippen molar-refractivity contribution >= 4 is 29.4 Å². The minimum atomic E-state index is -2.66. The Morgan fingerprint density at radius 1 is 1.33 bits per heavy atom. The summed E-state index contributed by atoms with van der Waals surface area (Å²) in [6.45, 7) is 0.432. The first-order valence-corrected chi connectivity index (χ1v) is 9.98. The number of nitrogens with zero attached hydrogens (tertiary/aromatic N) is 3. The molecule has 2 aliphatic rings. The first-order valence-electron chi connectivity index (χ1n) is 9.61. The first-order chi connectivity index (χ1) is 14.2. The van der Waals surface area contributed by atoms with Crippen LogP contribution in [0.3, 0.4) is 0 Å². The highest BCUT2D eigenvalue weighted by atomic mass is 35.5. The summed E-state index contributed by atoms with van der Waals surface area (Å²) in [5, 5.41) is 6.49. The molecule has 1 aliphatic heterocycles. The van der Waals surface area contributed by atoms with Crippen molar-refractivity contribution in [3.63, 3.8) is 0 Å². The van der Waals surface area contributed by atoms with Gasteiger partial charge < -0.3 is 19.7 Å². The Morgan fingerprint density at radius 2 is 2.03 bits per heavy atom. The molecular formula is C18H23ClF2N4O5. The van der Waals surface area contributed by atoms with Gasteiger partial charge in [0.2, 0.25) is 5.92 Å². The smallest absolute Gasteiger partial charge is 0.407 e. The van der Waals surface area contributed by atoms with E-state index in [1.807, 2.05) is 0 Å². The van der Waals surface area contributed by atoms with Gasteiger partial charge in [0.25, 0.3) is 5.56 Å². The third-order valence-corrected chi connectivity index (χ3v) is 5.63. The molecule has 1 atom stereocenters. The van der Waals surface area contributed by atoms with Gasteiger partial charge in [-0.3, -0.25) is 9.59 Å². The van der Waals surface area contributed by atoms with E-state index in [0.717, 1.165) is 4.68 Å². The predicted octanol–water partition coefficient (Wildman–Crippen LogP) is 1.95. The zero-order valence-corrected chi connectivity index (χ0v) is 17.2. The van der Waals surface area contributed by atoms with Gasteiger partial charge in [-0.15, -0.1) is 0 Å². The van der Waals surface area contributed by atoms with Crippen LogP contribution in [-0.2, 0) is 20.8 Å². The third-order valence-electron chi connectivity index (χ3n) is 5.27. The fraction of sp³-hybridized carbons (Fsp3) is 0.667. The zero-order valence-electron chi connectivity index (χ0n) is 16.4.